The fraction of sp³-hybridized carbons (Fsp3) is 0.429. The van der Waals surface area contributed by atoms with Gasteiger partial charge in [0, 0.05) is 6.42 Å². The van der Waals surface area contributed by atoms with E-state index in [0.29, 0.717) is 18.6 Å². The molecule has 6 heteroatoms. The van der Waals surface area contributed by atoms with E-state index in [0.717, 1.165) is 5.56 Å². The molecule has 1 atom stereocenters. The fourth-order valence-electron chi connectivity index (χ4n) is 1.68. The second-order valence-electron chi connectivity index (χ2n) is 4.41. The molecular weight excluding hydrogens is 278 g/mol. The van der Waals surface area contributed by atoms with Crippen molar-refractivity contribution in [2.24, 2.45) is 0 Å². The summed E-state index contributed by atoms with van der Waals surface area (Å²) in [7, 11) is 0. The second kappa shape index (κ2) is 8.47. The number of hydrogen-bond acceptors (Lipinski definition) is 4. The Balaban J connectivity index is 2.41. The number of benzene rings is 1. The second-order valence-corrected chi connectivity index (χ2v) is 5.39. The highest BCUT2D eigenvalue weighted by Crippen LogP contribution is 2.11. The van der Waals surface area contributed by atoms with Crippen molar-refractivity contribution in [1.82, 2.24) is 5.32 Å². The molecule has 3 N–H and O–H groups in total. The molecule has 0 aliphatic carbocycles. The number of rotatable bonds is 8. The molecule has 5 nitrogen and oxygen atoms in total. The topological polar surface area (TPSA) is 86.6 Å². The minimum absolute atomic E-state index is 0.182. The molecule has 0 aromatic heterocycles. The largest absolute Gasteiger partial charge is 0.508 e. The molecule has 1 amide bonds. The van der Waals surface area contributed by atoms with Gasteiger partial charge < -0.3 is 15.5 Å². The van der Waals surface area contributed by atoms with Gasteiger partial charge in [0.15, 0.2) is 0 Å². The van der Waals surface area contributed by atoms with E-state index in [-0.39, 0.29) is 18.1 Å². The van der Waals surface area contributed by atoms with Gasteiger partial charge in [-0.1, -0.05) is 12.1 Å². The third-order valence-corrected chi connectivity index (χ3v) is 3.46. The summed E-state index contributed by atoms with van der Waals surface area (Å²) in [5.41, 5.74) is 0.925. The van der Waals surface area contributed by atoms with Crippen molar-refractivity contribution in [1.29, 1.82) is 0 Å². The Hall–Kier alpha value is -1.69. The number of carboxylic acids is 1. The van der Waals surface area contributed by atoms with Gasteiger partial charge in [-0.3, -0.25) is 4.79 Å². The Morgan fingerprint density at radius 2 is 1.95 bits per heavy atom. The van der Waals surface area contributed by atoms with Gasteiger partial charge in [0.2, 0.25) is 5.91 Å². The predicted molar refractivity (Wildman–Crippen MR) is 79.0 cm³/mol. The van der Waals surface area contributed by atoms with Crippen LogP contribution >= 0.6 is 11.8 Å². The number of phenolic OH excluding ortho intramolecular Hbond substituents is 1. The van der Waals surface area contributed by atoms with Gasteiger partial charge in [-0.2, -0.15) is 11.8 Å². The quantitative estimate of drug-likeness (QED) is 0.679. The SMILES string of the molecule is CSCCC(NC(=O)CCc1ccc(O)cc1)C(=O)O. The molecule has 110 valence electrons. The summed E-state index contributed by atoms with van der Waals surface area (Å²) < 4.78 is 0. The van der Waals surface area contributed by atoms with Gasteiger partial charge >= 0.3 is 5.97 Å². The molecule has 20 heavy (non-hydrogen) atoms. The Morgan fingerprint density at radius 1 is 1.30 bits per heavy atom. The Labute approximate surface area is 122 Å². The summed E-state index contributed by atoms with van der Waals surface area (Å²) in [6.07, 6.45) is 3.06. The fourth-order valence-corrected chi connectivity index (χ4v) is 2.15. The van der Waals surface area contributed by atoms with Gasteiger partial charge in [-0.05, 0) is 42.5 Å². The Bertz CT molecular complexity index is 447. The van der Waals surface area contributed by atoms with Crippen molar-refractivity contribution < 1.29 is 19.8 Å². The van der Waals surface area contributed by atoms with E-state index in [1.165, 1.54) is 0 Å². The minimum Gasteiger partial charge on any atom is -0.508 e. The average molecular weight is 297 g/mol. The van der Waals surface area contributed by atoms with Crippen LogP contribution in [0.25, 0.3) is 0 Å². The zero-order valence-electron chi connectivity index (χ0n) is 11.3. The number of aliphatic carboxylic acids is 1. The highest BCUT2D eigenvalue weighted by Gasteiger charge is 2.18. The maximum Gasteiger partial charge on any atom is 0.326 e. The minimum atomic E-state index is -1.00. The van der Waals surface area contributed by atoms with E-state index in [9.17, 15) is 9.59 Å². The Morgan fingerprint density at radius 3 is 2.50 bits per heavy atom. The van der Waals surface area contributed by atoms with Crippen LogP contribution in [0.15, 0.2) is 24.3 Å². The van der Waals surface area contributed by atoms with Crippen molar-refractivity contribution in [2.75, 3.05) is 12.0 Å². The molecule has 0 radical (unpaired) electrons. The molecule has 0 aliphatic rings. The molecule has 0 spiro atoms. The van der Waals surface area contributed by atoms with E-state index in [1.807, 2.05) is 6.26 Å². The van der Waals surface area contributed by atoms with Crippen LogP contribution in [0.3, 0.4) is 0 Å². The number of aryl methyl sites for hydroxylation is 1. The van der Waals surface area contributed by atoms with Gasteiger partial charge in [-0.15, -0.1) is 0 Å². The standard InChI is InChI=1S/C14H19NO4S/c1-20-9-8-12(14(18)19)15-13(17)7-4-10-2-5-11(16)6-3-10/h2-3,5-6,12,16H,4,7-9H2,1H3,(H,15,17)(H,18,19). The van der Waals surface area contributed by atoms with Crippen LogP contribution in [-0.4, -0.2) is 40.1 Å². The normalized spacial score (nSPS) is 11.8. The van der Waals surface area contributed by atoms with Crippen LogP contribution in [0, 0.1) is 0 Å². The van der Waals surface area contributed by atoms with Gasteiger partial charge in [0.25, 0.3) is 0 Å². The highest BCUT2D eigenvalue weighted by atomic mass is 32.2. The number of carboxylic acid groups (broad SMARTS) is 1. The first-order valence-corrected chi connectivity index (χ1v) is 7.71. The number of phenols is 1. The van der Waals surface area contributed by atoms with Crippen molar-refractivity contribution in [3.05, 3.63) is 29.8 Å². The van der Waals surface area contributed by atoms with E-state index < -0.39 is 12.0 Å². The van der Waals surface area contributed by atoms with Gasteiger partial charge in [-0.25, -0.2) is 4.79 Å². The first-order valence-electron chi connectivity index (χ1n) is 6.32. The van der Waals surface area contributed by atoms with E-state index in [1.54, 1.807) is 36.0 Å². The van der Waals surface area contributed by atoms with E-state index in [4.69, 9.17) is 10.2 Å². The van der Waals surface area contributed by atoms with Crippen molar-refractivity contribution in [3.63, 3.8) is 0 Å². The van der Waals surface area contributed by atoms with Crippen LogP contribution in [-0.2, 0) is 16.0 Å². The third-order valence-electron chi connectivity index (χ3n) is 2.82. The summed E-state index contributed by atoms with van der Waals surface area (Å²) in [6, 6.07) is 5.78. The molecule has 1 unspecified atom stereocenters. The lowest BCUT2D eigenvalue weighted by molar-refractivity contribution is -0.141. The van der Waals surface area contributed by atoms with Crippen molar-refractivity contribution in [3.8, 4) is 5.75 Å². The van der Waals surface area contributed by atoms with Gasteiger partial charge in [0.1, 0.15) is 11.8 Å². The molecule has 0 bridgehead atoms. The maximum absolute atomic E-state index is 11.7. The molecule has 0 saturated carbocycles. The maximum atomic E-state index is 11.7. The molecule has 0 fully saturated rings. The lowest BCUT2D eigenvalue weighted by Gasteiger charge is -2.13. The number of carbonyl (C=O) groups excluding carboxylic acids is 1. The molecule has 1 aromatic rings. The van der Waals surface area contributed by atoms with Crippen LogP contribution in [0.5, 0.6) is 5.75 Å². The first kappa shape index (κ1) is 16.4. The van der Waals surface area contributed by atoms with E-state index >= 15 is 0 Å². The summed E-state index contributed by atoms with van der Waals surface area (Å²) in [6.45, 7) is 0. The van der Waals surface area contributed by atoms with Crippen LogP contribution in [0.2, 0.25) is 0 Å². The zero-order chi connectivity index (χ0) is 15.0. The molecular formula is C14H19NO4S. The van der Waals surface area contributed by atoms with Gasteiger partial charge in [0.05, 0.1) is 0 Å². The average Bonchev–Trinajstić information content (AvgIpc) is 2.42. The predicted octanol–water partition coefficient (Wildman–Crippen LogP) is 1.65. The summed E-state index contributed by atoms with van der Waals surface area (Å²) in [5.74, 6) is -0.403. The van der Waals surface area contributed by atoms with E-state index in [2.05, 4.69) is 5.32 Å². The monoisotopic (exact) mass is 297 g/mol. The molecule has 0 heterocycles. The van der Waals surface area contributed by atoms with Crippen molar-refractivity contribution >= 4 is 23.6 Å². The molecule has 0 aliphatic heterocycles. The zero-order valence-corrected chi connectivity index (χ0v) is 12.2. The summed E-state index contributed by atoms with van der Waals surface area (Å²) in [4.78, 5) is 22.7. The molecule has 0 saturated heterocycles. The van der Waals surface area contributed by atoms with Crippen LogP contribution < -0.4 is 5.32 Å². The summed E-state index contributed by atoms with van der Waals surface area (Å²) >= 11 is 1.55. The van der Waals surface area contributed by atoms with Crippen LogP contribution in [0.4, 0.5) is 0 Å². The lowest BCUT2D eigenvalue weighted by Crippen LogP contribution is -2.41. The lowest BCUT2D eigenvalue weighted by atomic mass is 10.1. The first-order chi connectivity index (χ1) is 9.52. The summed E-state index contributed by atoms with van der Waals surface area (Å²) in [5, 5.41) is 20.7. The Kier molecular flexibility index (Phi) is 6.93. The van der Waals surface area contributed by atoms with Crippen LogP contribution in [0.1, 0.15) is 18.4 Å². The molecule has 1 rings (SSSR count). The number of thioether (sulfide) groups is 1. The number of nitrogens with one attached hydrogen (secondary N) is 1. The molecule has 1 aromatic carbocycles. The van der Waals surface area contributed by atoms with Crippen molar-refractivity contribution in [2.45, 2.75) is 25.3 Å². The number of hydrogen-bond donors (Lipinski definition) is 3. The smallest absolute Gasteiger partial charge is 0.326 e. The number of amides is 1. The third kappa shape index (κ3) is 5.97. The number of aromatic hydroxyl groups is 1. The highest BCUT2D eigenvalue weighted by molar-refractivity contribution is 7.98. The number of carbonyl (C=O) groups is 2.